The van der Waals surface area contributed by atoms with Crippen molar-refractivity contribution in [2.24, 2.45) is 0 Å². The average Bonchev–Trinajstić information content (AvgIpc) is 2.89. The normalized spacial score (nSPS) is 11.5. The Bertz CT molecular complexity index is 369. The molecule has 122 valence electrons. The van der Waals surface area contributed by atoms with E-state index in [1.165, 1.54) is 4.85 Å². The molecule has 0 saturated carbocycles. The highest BCUT2D eigenvalue weighted by molar-refractivity contribution is 4.97. The van der Waals surface area contributed by atoms with E-state index in [2.05, 4.69) is 43.3 Å². The van der Waals surface area contributed by atoms with E-state index in [9.17, 15) is 0 Å². The summed E-state index contributed by atoms with van der Waals surface area (Å²) in [6.07, 6.45) is 1.79. The van der Waals surface area contributed by atoms with Gasteiger partial charge in [0.15, 0.2) is 0 Å². The van der Waals surface area contributed by atoms with Crippen LogP contribution in [0.2, 0.25) is 0 Å². The first-order valence-electron chi connectivity index (χ1n) is 7.54. The maximum Gasteiger partial charge on any atom is 0.140 e. The van der Waals surface area contributed by atoms with Gasteiger partial charge in [0.2, 0.25) is 0 Å². The zero-order chi connectivity index (χ0) is 15.5. The first kappa shape index (κ1) is 17.9. The highest BCUT2D eigenvalue weighted by Crippen LogP contribution is 2.08. The van der Waals surface area contributed by atoms with Crippen LogP contribution in [-0.4, -0.2) is 60.8 Å². The molecule has 7 nitrogen and oxygen atoms in total. The molecule has 21 heavy (non-hydrogen) atoms. The van der Waals surface area contributed by atoms with E-state index in [0.29, 0.717) is 45.0 Å². The molecule has 0 fully saturated rings. The Kier molecular flexibility index (Phi) is 8.96. The molecule has 0 atom stereocenters. The summed E-state index contributed by atoms with van der Waals surface area (Å²) in [5, 5.41) is 11.2. The highest BCUT2D eigenvalue weighted by Gasteiger charge is 2.04. The topological polar surface area (TPSA) is 70.4 Å². The van der Waals surface area contributed by atoms with E-state index in [4.69, 9.17) is 14.3 Å². The minimum Gasteiger partial charge on any atom is -0.393 e. The van der Waals surface area contributed by atoms with Crippen molar-refractivity contribution in [3.63, 3.8) is 0 Å². The van der Waals surface area contributed by atoms with Crippen LogP contribution in [0.15, 0.2) is 6.20 Å². The minimum atomic E-state index is 0.348. The van der Waals surface area contributed by atoms with Crippen LogP contribution in [0, 0.1) is 0 Å². The molecular weight excluding hydrogens is 272 g/mol. The first-order chi connectivity index (χ1) is 10.1. The van der Waals surface area contributed by atoms with E-state index < -0.39 is 0 Å². The van der Waals surface area contributed by atoms with Gasteiger partial charge in [-0.3, -0.25) is 0 Å². The van der Waals surface area contributed by atoms with E-state index >= 15 is 0 Å². The number of ether oxygens (including phenoxy) is 2. The fraction of sp³-hybridized carbons (Fsp3) is 0.857. The zero-order valence-corrected chi connectivity index (χ0v) is 13.5. The Hall–Kier alpha value is -1.18. The Balaban J connectivity index is 1.90. The summed E-state index contributed by atoms with van der Waals surface area (Å²) in [6.45, 7) is 12.0. The summed E-state index contributed by atoms with van der Waals surface area (Å²) in [4.78, 5) is 6.76. The molecule has 0 aromatic carbocycles. The molecule has 1 aromatic heterocycles. The Morgan fingerprint density at radius 2 is 1.71 bits per heavy atom. The molecule has 1 aromatic rings. The molecular formula is C14H28N4O3. The third kappa shape index (κ3) is 8.64. The Labute approximate surface area is 126 Å². The second-order valence-electron chi connectivity index (χ2n) is 5.37. The van der Waals surface area contributed by atoms with Crippen LogP contribution in [0.25, 0.3) is 0 Å². The van der Waals surface area contributed by atoms with Gasteiger partial charge in [-0.25, -0.2) is 0 Å². The lowest BCUT2D eigenvalue weighted by Gasteiger charge is -2.09. The molecule has 0 aliphatic heterocycles. The number of nitrogens with zero attached hydrogens (tertiary/aromatic N) is 3. The fourth-order valence-corrected chi connectivity index (χ4v) is 1.52. The number of aromatic nitrogens is 3. The summed E-state index contributed by atoms with van der Waals surface area (Å²) >= 11 is 0. The van der Waals surface area contributed by atoms with Gasteiger partial charge in [0.05, 0.1) is 38.3 Å². The predicted molar refractivity (Wildman–Crippen MR) is 80.3 cm³/mol. The molecule has 0 unspecified atom stereocenters. The van der Waals surface area contributed by atoms with Crippen molar-refractivity contribution in [1.29, 1.82) is 0 Å². The standard InChI is InChI=1S/C14H28N4O3/c1-12(2)14-11-18(17-16-14)21-10-9-20-8-7-19-6-5-15-13(3)4/h11-13,15H,5-10H2,1-4H3. The molecule has 0 aliphatic carbocycles. The monoisotopic (exact) mass is 300 g/mol. The quantitative estimate of drug-likeness (QED) is 0.577. The molecule has 1 rings (SSSR count). The summed E-state index contributed by atoms with van der Waals surface area (Å²) in [5.74, 6) is 0.348. The largest absolute Gasteiger partial charge is 0.393 e. The molecule has 7 heteroatoms. The number of rotatable bonds is 12. The van der Waals surface area contributed by atoms with Gasteiger partial charge in [0.1, 0.15) is 6.61 Å². The van der Waals surface area contributed by atoms with Gasteiger partial charge in [-0.2, -0.15) is 0 Å². The van der Waals surface area contributed by atoms with Crippen molar-refractivity contribution in [1.82, 2.24) is 20.5 Å². The maximum absolute atomic E-state index is 5.42. The third-order valence-corrected chi connectivity index (χ3v) is 2.70. The molecule has 0 spiro atoms. The van der Waals surface area contributed by atoms with Crippen LogP contribution in [0.1, 0.15) is 39.3 Å². The lowest BCUT2D eigenvalue weighted by atomic mass is 10.2. The molecule has 0 radical (unpaired) electrons. The van der Waals surface area contributed by atoms with Gasteiger partial charge >= 0.3 is 0 Å². The smallest absolute Gasteiger partial charge is 0.140 e. The summed E-state index contributed by atoms with van der Waals surface area (Å²) in [5.41, 5.74) is 0.916. The lowest BCUT2D eigenvalue weighted by Crippen LogP contribution is -2.27. The predicted octanol–water partition coefficient (Wildman–Crippen LogP) is 0.861. The van der Waals surface area contributed by atoms with Gasteiger partial charge in [-0.05, 0) is 11.1 Å². The second kappa shape index (κ2) is 10.5. The second-order valence-corrected chi connectivity index (χ2v) is 5.37. The van der Waals surface area contributed by atoms with Crippen LogP contribution in [-0.2, 0) is 9.47 Å². The maximum atomic E-state index is 5.42. The first-order valence-corrected chi connectivity index (χ1v) is 7.54. The SMILES string of the molecule is CC(C)NCCOCCOCCOn1cc(C(C)C)nn1. The number of nitrogens with one attached hydrogen (secondary N) is 1. The Morgan fingerprint density at radius 3 is 2.33 bits per heavy atom. The van der Waals surface area contributed by atoms with E-state index in [1.54, 1.807) is 6.20 Å². The van der Waals surface area contributed by atoms with Gasteiger partial charge in [-0.15, -0.1) is 5.10 Å². The van der Waals surface area contributed by atoms with Crippen LogP contribution in [0.5, 0.6) is 0 Å². The molecule has 0 bridgehead atoms. The average molecular weight is 300 g/mol. The van der Waals surface area contributed by atoms with Gasteiger partial charge in [0, 0.05) is 12.6 Å². The molecule has 0 saturated heterocycles. The Morgan fingerprint density at radius 1 is 1.05 bits per heavy atom. The van der Waals surface area contributed by atoms with E-state index in [1.807, 2.05) is 0 Å². The third-order valence-electron chi connectivity index (χ3n) is 2.70. The summed E-state index contributed by atoms with van der Waals surface area (Å²) in [6, 6.07) is 0.495. The lowest BCUT2D eigenvalue weighted by molar-refractivity contribution is 0.000938. The van der Waals surface area contributed by atoms with Crippen LogP contribution in [0.4, 0.5) is 0 Å². The zero-order valence-electron chi connectivity index (χ0n) is 13.5. The van der Waals surface area contributed by atoms with Crippen LogP contribution < -0.4 is 10.2 Å². The van der Waals surface area contributed by atoms with E-state index in [0.717, 1.165) is 12.2 Å². The van der Waals surface area contributed by atoms with Crippen molar-refractivity contribution >= 4 is 0 Å². The molecule has 1 N–H and O–H groups in total. The van der Waals surface area contributed by atoms with Crippen molar-refractivity contribution < 1.29 is 14.3 Å². The van der Waals surface area contributed by atoms with Crippen LogP contribution in [0.3, 0.4) is 0 Å². The minimum absolute atomic E-state index is 0.348. The summed E-state index contributed by atoms with van der Waals surface area (Å²) < 4.78 is 10.8. The van der Waals surface area contributed by atoms with Crippen LogP contribution >= 0.6 is 0 Å². The molecule has 0 aliphatic rings. The number of hydrogen-bond acceptors (Lipinski definition) is 6. The molecule has 1 heterocycles. The highest BCUT2D eigenvalue weighted by atomic mass is 16.7. The van der Waals surface area contributed by atoms with Gasteiger partial charge in [0.25, 0.3) is 0 Å². The summed E-state index contributed by atoms with van der Waals surface area (Å²) in [7, 11) is 0. The van der Waals surface area contributed by atoms with Crippen molar-refractivity contribution in [3.05, 3.63) is 11.9 Å². The van der Waals surface area contributed by atoms with Crippen molar-refractivity contribution in [3.8, 4) is 0 Å². The molecule has 0 amide bonds. The van der Waals surface area contributed by atoms with Gasteiger partial charge < -0.3 is 19.6 Å². The van der Waals surface area contributed by atoms with E-state index in [-0.39, 0.29) is 0 Å². The van der Waals surface area contributed by atoms with Crippen molar-refractivity contribution in [2.45, 2.75) is 39.7 Å². The van der Waals surface area contributed by atoms with Gasteiger partial charge in [-0.1, -0.05) is 32.5 Å². The van der Waals surface area contributed by atoms with Crippen molar-refractivity contribution in [2.75, 3.05) is 39.6 Å². The number of hydrogen-bond donors (Lipinski definition) is 1. The fourth-order valence-electron chi connectivity index (χ4n) is 1.52.